The Morgan fingerprint density at radius 2 is 1.88 bits per heavy atom. The van der Waals surface area contributed by atoms with Gasteiger partial charge < -0.3 is 10.1 Å². The topological polar surface area (TPSA) is 84.5 Å². The standard InChI is InChI=1S/C18H18N2O4S/c1-12-10-11-25-14(12)8-9-15(21)24-16(13-6-4-3-5-7-13)17(22)20-18(23)19-2/h3-11,16H,1-2H3,(H2,19,20,22,23)/b9-8+/t16-/m1/s1. The smallest absolute Gasteiger partial charge is 0.331 e. The summed E-state index contributed by atoms with van der Waals surface area (Å²) in [5.41, 5.74) is 1.52. The number of nitrogens with one attached hydrogen (secondary N) is 2. The van der Waals surface area contributed by atoms with Crippen LogP contribution in [0.1, 0.15) is 22.1 Å². The van der Waals surface area contributed by atoms with Gasteiger partial charge in [0.25, 0.3) is 5.91 Å². The highest BCUT2D eigenvalue weighted by Gasteiger charge is 2.25. The van der Waals surface area contributed by atoms with Crippen molar-refractivity contribution in [2.75, 3.05) is 7.05 Å². The van der Waals surface area contributed by atoms with Crippen molar-refractivity contribution in [3.8, 4) is 0 Å². The number of hydrogen-bond donors (Lipinski definition) is 2. The summed E-state index contributed by atoms with van der Waals surface area (Å²) in [6, 6.07) is 9.77. The van der Waals surface area contributed by atoms with Crippen molar-refractivity contribution in [1.82, 2.24) is 10.6 Å². The summed E-state index contributed by atoms with van der Waals surface area (Å²) in [6.07, 6.45) is 1.68. The zero-order valence-electron chi connectivity index (χ0n) is 13.8. The molecule has 2 N–H and O–H groups in total. The van der Waals surface area contributed by atoms with Crippen molar-refractivity contribution in [1.29, 1.82) is 0 Å². The highest BCUT2D eigenvalue weighted by Crippen LogP contribution is 2.20. The van der Waals surface area contributed by atoms with Crippen molar-refractivity contribution < 1.29 is 19.1 Å². The predicted molar refractivity (Wildman–Crippen MR) is 96.0 cm³/mol. The van der Waals surface area contributed by atoms with E-state index in [1.807, 2.05) is 18.4 Å². The molecule has 0 aliphatic carbocycles. The zero-order valence-corrected chi connectivity index (χ0v) is 14.6. The third-order valence-corrected chi connectivity index (χ3v) is 4.29. The van der Waals surface area contributed by atoms with Crippen LogP contribution in [0.3, 0.4) is 0 Å². The maximum Gasteiger partial charge on any atom is 0.331 e. The third kappa shape index (κ3) is 5.29. The number of carbonyl (C=O) groups excluding carboxylic acids is 3. The molecule has 0 aliphatic heterocycles. The molecule has 1 aromatic heterocycles. The number of amides is 3. The molecule has 0 aliphatic rings. The highest BCUT2D eigenvalue weighted by molar-refractivity contribution is 7.11. The zero-order chi connectivity index (χ0) is 18.2. The number of imide groups is 1. The summed E-state index contributed by atoms with van der Waals surface area (Å²) >= 11 is 1.50. The van der Waals surface area contributed by atoms with Gasteiger partial charge in [-0.05, 0) is 30.0 Å². The van der Waals surface area contributed by atoms with Crippen molar-refractivity contribution in [3.63, 3.8) is 0 Å². The van der Waals surface area contributed by atoms with Crippen LogP contribution in [0, 0.1) is 6.92 Å². The van der Waals surface area contributed by atoms with E-state index in [0.717, 1.165) is 10.4 Å². The van der Waals surface area contributed by atoms with E-state index in [2.05, 4.69) is 10.6 Å². The van der Waals surface area contributed by atoms with Crippen LogP contribution >= 0.6 is 11.3 Å². The molecule has 0 radical (unpaired) electrons. The van der Waals surface area contributed by atoms with Gasteiger partial charge in [-0.15, -0.1) is 11.3 Å². The van der Waals surface area contributed by atoms with E-state index in [4.69, 9.17) is 4.74 Å². The van der Waals surface area contributed by atoms with Gasteiger partial charge in [-0.3, -0.25) is 10.1 Å². The number of rotatable bonds is 5. The lowest BCUT2D eigenvalue weighted by atomic mass is 10.1. The molecule has 0 saturated heterocycles. The summed E-state index contributed by atoms with van der Waals surface area (Å²) < 4.78 is 5.27. The molecule has 0 bridgehead atoms. The Bertz CT molecular complexity index is 783. The molecule has 0 saturated carbocycles. The molecule has 1 heterocycles. The van der Waals surface area contributed by atoms with Crippen LogP contribution in [0.2, 0.25) is 0 Å². The molecule has 130 valence electrons. The Morgan fingerprint density at radius 3 is 2.48 bits per heavy atom. The number of urea groups is 1. The molecule has 2 rings (SSSR count). The van der Waals surface area contributed by atoms with Gasteiger partial charge in [0.05, 0.1) is 0 Å². The van der Waals surface area contributed by atoms with Gasteiger partial charge in [-0.2, -0.15) is 0 Å². The van der Waals surface area contributed by atoms with Crippen LogP contribution in [-0.2, 0) is 14.3 Å². The van der Waals surface area contributed by atoms with E-state index in [1.165, 1.54) is 24.5 Å². The second-order valence-corrected chi connectivity index (χ2v) is 6.04. The van der Waals surface area contributed by atoms with E-state index in [9.17, 15) is 14.4 Å². The molecule has 3 amide bonds. The van der Waals surface area contributed by atoms with E-state index in [-0.39, 0.29) is 0 Å². The van der Waals surface area contributed by atoms with Gasteiger partial charge in [0.15, 0.2) is 0 Å². The lowest BCUT2D eigenvalue weighted by Gasteiger charge is -2.16. The maximum atomic E-state index is 12.3. The fourth-order valence-corrected chi connectivity index (χ4v) is 2.81. The number of aryl methyl sites for hydroxylation is 1. The van der Waals surface area contributed by atoms with Crippen molar-refractivity contribution in [2.24, 2.45) is 0 Å². The van der Waals surface area contributed by atoms with Crippen molar-refractivity contribution in [3.05, 3.63) is 63.9 Å². The van der Waals surface area contributed by atoms with Crippen molar-refractivity contribution in [2.45, 2.75) is 13.0 Å². The average Bonchev–Trinajstić information content (AvgIpc) is 3.03. The Kier molecular flexibility index (Phi) is 6.47. The Hall–Kier alpha value is -2.93. The maximum absolute atomic E-state index is 12.3. The number of esters is 1. The Morgan fingerprint density at radius 1 is 1.16 bits per heavy atom. The normalized spacial score (nSPS) is 11.8. The quantitative estimate of drug-likeness (QED) is 0.636. The van der Waals surface area contributed by atoms with E-state index < -0.39 is 24.0 Å². The lowest BCUT2D eigenvalue weighted by molar-refractivity contribution is -0.151. The fraction of sp³-hybridized carbons (Fsp3) is 0.167. The molecule has 0 spiro atoms. The second-order valence-electron chi connectivity index (χ2n) is 5.10. The highest BCUT2D eigenvalue weighted by atomic mass is 32.1. The van der Waals surface area contributed by atoms with Crippen LogP contribution in [-0.4, -0.2) is 25.0 Å². The summed E-state index contributed by atoms with van der Waals surface area (Å²) in [5, 5.41) is 6.33. The lowest BCUT2D eigenvalue weighted by Crippen LogP contribution is -2.41. The molecule has 0 unspecified atom stereocenters. The molecular weight excluding hydrogens is 340 g/mol. The number of thiophene rings is 1. The summed E-state index contributed by atoms with van der Waals surface area (Å²) in [6.45, 7) is 1.94. The molecule has 7 heteroatoms. The van der Waals surface area contributed by atoms with Gasteiger partial charge in [0.1, 0.15) is 0 Å². The SMILES string of the molecule is CNC(=O)NC(=O)[C@H](OC(=O)/C=C/c1sccc1C)c1ccccc1. The molecule has 2 aromatic rings. The van der Waals surface area contributed by atoms with Gasteiger partial charge >= 0.3 is 12.0 Å². The van der Waals surface area contributed by atoms with Crippen LogP contribution in [0.25, 0.3) is 6.08 Å². The molecular formula is C18H18N2O4S. The molecule has 1 aromatic carbocycles. The second kappa shape index (κ2) is 8.79. The summed E-state index contributed by atoms with van der Waals surface area (Å²) in [7, 11) is 1.39. The van der Waals surface area contributed by atoms with Crippen LogP contribution in [0.4, 0.5) is 4.79 Å². The summed E-state index contributed by atoms with van der Waals surface area (Å²) in [4.78, 5) is 36.7. The van der Waals surface area contributed by atoms with Crippen LogP contribution < -0.4 is 10.6 Å². The first kappa shape index (κ1) is 18.4. The first-order valence-electron chi connectivity index (χ1n) is 7.51. The molecule has 25 heavy (non-hydrogen) atoms. The van der Waals surface area contributed by atoms with Crippen LogP contribution in [0.15, 0.2) is 47.9 Å². The average molecular weight is 358 g/mol. The fourth-order valence-electron chi connectivity index (χ4n) is 2.00. The van der Waals surface area contributed by atoms with Gasteiger partial charge in [0.2, 0.25) is 6.10 Å². The largest absolute Gasteiger partial charge is 0.444 e. The molecule has 6 nitrogen and oxygen atoms in total. The van der Waals surface area contributed by atoms with Gasteiger partial charge in [0, 0.05) is 23.6 Å². The van der Waals surface area contributed by atoms with Crippen molar-refractivity contribution >= 4 is 35.3 Å². The Labute approximate surface area is 149 Å². The Balaban J connectivity index is 2.14. The van der Waals surface area contributed by atoms with E-state index in [0.29, 0.717) is 5.56 Å². The minimum Gasteiger partial charge on any atom is -0.444 e. The third-order valence-electron chi connectivity index (χ3n) is 3.31. The number of carbonyl (C=O) groups is 3. The number of hydrogen-bond acceptors (Lipinski definition) is 5. The van der Waals surface area contributed by atoms with Crippen LogP contribution in [0.5, 0.6) is 0 Å². The minimum absolute atomic E-state index is 0.470. The van der Waals surface area contributed by atoms with E-state index in [1.54, 1.807) is 36.4 Å². The summed E-state index contributed by atoms with van der Waals surface area (Å²) in [5.74, 6) is -1.40. The van der Waals surface area contributed by atoms with E-state index >= 15 is 0 Å². The first-order valence-corrected chi connectivity index (χ1v) is 8.39. The van der Waals surface area contributed by atoms with Gasteiger partial charge in [-0.1, -0.05) is 30.3 Å². The number of ether oxygens (including phenoxy) is 1. The monoisotopic (exact) mass is 358 g/mol. The molecule has 1 atom stereocenters. The van der Waals surface area contributed by atoms with Gasteiger partial charge in [-0.25, -0.2) is 9.59 Å². The number of benzene rings is 1. The minimum atomic E-state index is -1.22. The predicted octanol–water partition coefficient (Wildman–Crippen LogP) is 2.81. The molecule has 0 fully saturated rings. The first-order chi connectivity index (χ1) is 12.0.